The number of anilines is 1. The normalized spacial score (nSPS) is 15.7. The van der Waals surface area contributed by atoms with Gasteiger partial charge < -0.3 is 10.2 Å². The van der Waals surface area contributed by atoms with Crippen LogP contribution in [0.25, 0.3) is 17.0 Å². The summed E-state index contributed by atoms with van der Waals surface area (Å²) in [5, 5.41) is 5.69. The lowest BCUT2D eigenvalue weighted by molar-refractivity contribution is -0.121. The van der Waals surface area contributed by atoms with Gasteiger partial charge in [-0.2, -0.15) is 0 Å². The minimum atomic E-state index is -0.678. The van der Waals surface area contributed by atoms with E-state index in [9.17, 15) is 23.2 Å². The van der Waals surface area contributed by atoms with Gasteiger partial charge in [-0.15, -0.1) is 0 Å². The Morgan fingerprint density at radius 1 is 1.15 bits per heavy atom. The maximum Gasteiger partial charge on any atom is 0.254 e. The summed E-state index contributed by atoms with van der Waals surface area (Å²) < 4.78 is 27.7. The highest BCUT2D eigenvalue weighted by Crippen LogP contribution is 2.20. The lowest BCUT2D eigenvalue weighted by Crippen LogP contribution is -2.32. The van der Waals surface area contributed by atoms with Crippen LogP contribution < -0.4 is 10.6 Å². The molecule has 1 saturated heterocycles. The van der Waals surface area contributed by atoms with Crippen molar-refractivity contribution in [2.75, 3.05) is 18.4 Å². The summed E-state index contributed by atoms with van der Waals surface area (Å²) in [5.41, 5.74) is 0.904. The molecular formula is C23H19F2N5O3. The van der Waals surface area contributed by atoms with Crippen molar-refractivity contribution in [2.24, 2.45) is 0 Å². The van der Waals surface area contributed by atoms with Gasteiger partial charge in [0.05, 0.1) is 5.52 Å². The van der Waals surface area contributed by atoms with Crippen LogP contribution in [-0.2, 0) is 9.59 Å². The average molecular weight is 451 g/mol. The molecule has 4 rings (SSSR count). The van der Waals surface area contributed by atoms with Crippen LogP contribution in [0, 0.1) is 11.6 Å². The summed E-state index contributed by atoms with van der Waals surface area (Å²) in [6, 6.07) is 8.16. The number of rotatable bonds is 6. The van der Waals surface area contributed by atoms with Gasteiger partial charge in [0.1, 0.15) is 11.6 Å². The zero-order chi connectivity index (χ0) is 23.4. The Morgan fingerprint density at radius 3 is 2.79 bits per heavy atom. The number of hydrogen-bond donors (Lipinski definition) is 2. The molecule has 10 heteroatoms. The molecule has 1 aliphatic rings. The molecular weight excluding hydrogens is 432 g/mol. The van der Waals surface area contributed by atoms with Crippen molar-refractivity contribution in [1.29, 1.82) is 0 Å². The molecule has 1 fully saturated rings. The average Bonchev–Trinajstić information content (AvgIpc) is 3.26. The fourth-order valence-electron chi connectivity index (χ4n) is 3.57. The topological polar surface area (TPSA) is 104 Å². The summed E-state index contributed by atoms with van der Waals surface area (Å²) in [6.45, 7) is 0.864. The Labute approximate surface area is 187 Å². The third-order valence-corrected chi connectivity index (χ3v) is 5.21. The fraction of sp³-hybridized carbons (Fsp3) is 0.174. The van der Waals surface area contributed by atoms with Crippen LogP contribution in [-0.4, -0.2) is 52.2 Å². The number of fused-ring (bicyclic) bond motifs is 1. The van der Waals surface area contributed by atoms with Crippen molar-refractivity contribution in [3.63, 3.8) is 0 Å². The molecule has 1 aromatic heterocycles. The van der Waals surface area contributed by atoms with Crippen molar-refractivity contribution < 1.29 is 23.2 Å². The number of amides is 3. The second-order valence-electron chi connectivity index (χ2n) is 7.47. The van der Waals surface area contributed by atoms with Crippen molar-refractivity contribution in [2.45, 2.75) is 12.5 Å². The van der Waals surface area contributed by atoms with Crippen LogP contribution >= 0.6 is 0 Å². The molecule has 0 unspecified atom stereocenters. The molecule has 33 heavy (non-hydrogen) atoms. The summed E-state index contributed by atoms with van der Waals surface area (Å²) in [5.74, 6) is -1.63. The van der Waals surface area contributed by atoms with E-state index in [1.165, 1.54) is 36.5 Å². The first-order valence-corrected chi connectivity index (χ1v) is 10.1. The van der Waals surface area contributed by atoms with Crippen LogP contribution in [0.3, 0.4) is 0 Å². The Morgan fingerprint density at radius 2 is 2.00 bits per heavy atom. The van der Waals surface area contributed by atoms with E-state index in [-0.39, 0.29) is 35.3 Å². The number of carbonyl (C=O) groups excluding carboxylic acids is 3. The van der Waals surface area contributed by atoms with E-state index < -0.39 is 11.7 Å². The van der Waals surface area contributed by atoms with Gasteiger partial charge in [0.2, 0.25) is 18.3 Å². The number of aromatic nitrogens is 2. The highest BCUT2D eigenvalue weighted by atomic mass is 19.1. The maximum absolute atomic E-state index is 14.4. The predicted octanol–water partition coefficient (Wildman–Crippen LogP) is 2.52. The molecule has 1 atom stereocenters. The van der Waals surface area contributed by atoms with Gasteiger partial charge in [-0.25, -0.2) is 18.7 Å². The number of halogens is 2. The number of nitrogens with zero attached hydrogens (tertiary/aromatic N) is 3. The minimum absolute atomic E-state index is 0.0877. The first-order chi connectivity index (χ1) is 15.9. The van der Waals surface area contributed by atoms with Gasteiger partial charge in [-0.3, -0.25) is 19.7 Å². The van der Waals surface area contributed by atoms with E-state index in [1.807, 2.05) is 5.32 Å². The number of hydrogen-bond acceptors (Lipinski definition) is 6. The Bertz CT molecular complexity index is 1260. The first kappa shape index (κ1) is 22.0. The van der Waals surface area contributed by atoms with Crippen LogP contribution in [0.2, 0.25) is 0 Å². The van der Waals surface area contributed by atoms with Gasteiger partial charge in [-0.05, 0) is 42.8 Å². The summed E-state index contributed by atoms with van der Waals surface area (Å²) in [6.07, 6.45) is 4.67. The van der Waals surface area contributed by atoms with E-state index >= 15 is 0 Å². The molecule has 2 aromatic carbocycles. The van der Waals surface area contributed by atoms with E-state index in [2.05, 4.69) is 15.3 Å². The number of carbonyl (C=O) groups is 3. The zero-order valence-electron chi connectivity index (χ0n) is 17.3. The molecule has 0 radical (unpaired) electrons. The number of benzene rings is 2. The van der Waals surface area contributed by atoms with E-state index in [4.69, 9.17) is 0 Å². The maximum atomic E-state index is 14.4. The second kappa shape index (κ2) is 9.51. The molecule has 1 aliphatic heterocycles. The minimum Gasteiger partial charge on any atom is -0.350 e. The Balaban J connectivity index is 1.39. The van der Waals surface area contributed by atoms with Crippen molar-refractivity contribution in [1.82, 2.24) is 20.2 Å². The van der Waals surface area contributed by atoms with Crippen LogP contribution in [0.15, 0.2) is 48.7 Å². The Hall–Kier alpha value is -4.21. The second-order valence-corrected chi connectivity index (χ2v) is 7.47. The zero-order valence-corrected chi connectivity index (χ0v) is 17.3. The summed E-state index contributed by atoms with van der Waals surface area (Å²) in [7, 11) is 0. The van der Waals surface area contributed by atoms with Gasteiger partial charge in [0.15, 0.2) is 0 Å². The standard InChI is InChI=1S/C23H19F2N5O3/c24-17-4-5-20-16(9-17)11-26-23(29-20)28-18-7-8-30(12-18)22(33)15-2-1-14(19(25)10-15)3-6-21(32)27-13-31/h1-6,9-11,13,18H,7-8,12H2,(H,26,28,29)(H,27,31,32)/t18-/m1/s1. The van der Waals surface area contributed by atoms with E-state index in [1.54, 1.807) is 11.0 Å². The van der Waals surface area contributed by atoms with Gasteiger partial charge in [0.25, 0.3) is 5.91 Å². The molecule has 0 aliphatic carbocycles. The van der Waals surface area contributed by atoms with Crippen LogP contribution in [0.5, 0.6) is 0 Å². The molecule has 0 bridgehead atoms. The molecule has 8 nitrogen and oxygen atoms in total. The van der Waals surface area contributed by atoms with Gasteiger partial charge >= 0.3 is 0 Å². The molecule has 0 saturated carbocycles. The molecule has 3 aromatic rings. The van der Waals surface area contributed by atoms with E-state index in [0.717, 1.165) is 12.1 Å². The molecule has 2 heterocycles. The smallest absolute Gasteiger partial charge is 0.254 e. The van der Waals surface area contributed by atoms with Crippen molar-refractivity contribution in [3.05, 3.63) is 71.4 Å². The molecule has 0 spiro atoms. The summed E-state index contributed by atoms with van der Waals surface area (Å²) in [4.78, 5) is 44.5. The Kier molecular flexibility index (Phi) is 6.34. The van der Waals surface area contributed by atoms with Gasteiger partial charge in [0, 0.05) is 47.9 Å². The molecule has 3 amide bonds. The number of nitrogens with one attached hydrogen (secondary N) is 2. The largest absolute Gasteiger partial charge is 0.350 e. The highest BCUT2D eigenvalue weighted by Gasteiger charge is 2.27. The third kappa shape index (κ3) is 5.17. The predicted molar refractivity (Wildman–Crippen MR) is 117 cm³/mol. The van der Waals surface area contributed by atoms with Crippen LogP contribution in [0.4, 0.5) is 14.7 Å². The lowest BCUT2D eigenvalue weighted by atomic mass is 10.1. The number of likely N-dealkylation sites (tertiary alicyclic amines) is 1. The molecule has 2 N–H and O–H groups in total. The lowest BCUT2D eigenvalue weighted by Gasteiger charge is -2.17. The van der Waals surface area contributed by atoms with E-state index in [0.29, 0.717) is 36.4 Å². The quantitative estimate of drug-likeness (QED) is 0.441. The van der Waals surface area contributed by atoms with Crippen LogP contribution in [0.1, 0.15) is 22.3 Å². The molecule has 168 valence electrons. The fourth-order valence-corrected chi connectivity index (χ4v) is 3.57. The SMILES string of the molecule is O=CNC(=O)C=Cc1ccc(C(=O)N2CC[C@@H](Nc3ncc4cc(F)ccc4n3)C2)cc1F. The number of imide groups is 1. The highest BCUT2D eigenvalue weighted by molar-refractivity contribution is 5.98. The first-order valence-electron chi connectivity index (χ1n) is 10.1. The van der Waals surface area contributed by atoms with Crippen molar-refractivity contribution in [3.8, 4) is 0 Å². The monoisotopic (exact) mass is 451 g/mol. The third-order valence-electron chi connectivity index (χ3n) is 5.21. The van der Waals surface area contributed by atoms with Gasteiger partial charge in [-0.1, -0.05) is 6.07 Å². The summed E-state index contributed by atoms with van der Waals surface area (Å²) >= 11 is 0. The van der Waals surface area contributed by atoms with Crippen molar-refractivity contribution >= 4 is 41.2 Å².